The number of benzene rings is 2. The highest BCUT2D eigenvalue weighted by Crippen LogP contribution is 2.18. The van der Waals surface area contributed by atoms with Crippen LogP contribution in [-0.2, 0) is 16.1 Å². The molecular weight excluding hydrogens is 398 g/mol. The van der Waals surface area contributed by atoms with Gasteiger partial charge in [-0.1, -0.05) is 18.2 Å². The van der Waals surface area contributed by atoms with Crippen LogP contribution in [0.3, 0.4) is 0 Å². The Kier molecular flexibility index (Phi) is 6.35. The average molecular weight is 423 g/mol. The highest BCUT2D eigenvalue weighted by Gasteiger charge is 2.18. The molecule has 1 aliphatic rings. The molecule has 0 saturated carbocycles. The molecule has 31 heavy (non-hydrogen) atoms. The van der Waals surface area contributed by atoms with Crippen LogP contribution in [0.2, 0.25) is 0 Å². The van der Waals surface area contributed by atoms with E-state index in [0.29, 0.717) is 30.0 Å². The van der Waals surface area contributed by atoms with E-state index in [9.17, 15) is 14.4 Å². The summed E-state index contributed by atoms with van der Waals surface area (Å²) in [7, 11) is 0. The maximum Gasteiger partial charge on any atom is 0.419 e. The van der Waals surface area contributed by atoms with E-state index in [1.165, 1.54) is 4.57 Å². The lowest BCUT2D eigenvalue weighted by Gasteiger charge is -2.15. The molecule has 4 rings (SSSR count). The molecule has 0 spiro atoms. The molecule has 0 bridgehead atoms. The molecule has 2 amide bonds. The summed E-state index contributed by atoms with van der Waals surface area (Å²) in [6.45, 7) is 1.97. The Morgan fingerprint density at radius 2 is 1.87 bits per heavy atom. The lowest BCUT2D eigenvalue weighted by Crippen LogP contribution is -2.32. The van der Waals surface area contributed by atoms with E-state index in [4.69, 9.17) is 9.15 Å². The van der Waals surface area contributed by atoms with Crippen LogP contribution < -0.4 is 15.8 Å². The second kappa shape index (κ2) is 9.51. The zero-order valence-corrected chi connectivity index (χ0v) is 17.2. The van der Waals surface area contributed by atoms with Gasteiger partial charge >= 0.3 is 5.76 Å². The first kappa shape index (κ1) is 20.7. The molecule has 1 fully saturated rings. The van der Waals surface area contributed by atoms with Gasteiger partial charge in [0.1, 0.15) is 5.75 Å². The molecule has 8 nitrogen and oxygen atoms in total. The van der Waals surface area contributed by atoms with Gasteiger partial charge in [0.2, 0.25) is 5.91 Å². The summed E-state index contributed by atoms with van der Waals surface area (Å²) in [6, 6.07) is 14.2. The second-order valence-electron chi connectivity index (χ2n) is 7.54. The van der Waals surface area contributed by atoms with E-state index in [0.717, 1.165) is 31.4 Å². The monoisotopic (exact) mass is 423 g/mol. The zero-order valence-electron chi connectivity index (χ0n) is 17.2. The number of fused-ring (bicyclic) bond motifs is 1. The standard InChI is InChI=1S/C23H25N3O5/c27-21(11-6-14-26-19-9-1-2-10-20(19)31-23(26)29)24-17-7-5-8-18(15-17)30-16-22(28)25-12-3-4-13-25/h1-2,5,7-10,15H,3-4,6,11-14,16H2,(H,24,27). The minimum absolute atomic E-state index is 0.00912. The molecule has 2 heterocycles. The molecule has 0 radical (unpaired) electrons. The fraction of sp³-hybridized carbons (Fsp3) is 0.348. The molecule has 8 heteroatoms. The molecule has 3 aromatic rings. The van der Waals surface area contributed by atoms with Crippen LogP contribution in [0.1, 0.15) is 25.7 Å². The van der Waals surface area contributed by atoms with Gasteiger partial charge in [-0.25, -0.2) is 4.79 Å². The van der Waals surface area contributed by atoms with Crippen molar-refractivity contribution in [2.24, 2.45) is 0 Å². The fourth-order valence-electron chi connectivity index (χ4n) is 3.71. The van der Waals surface area contributed by atoms with Crippen LogP contribution >= 0.6 is 0 Å². The number of amides is 2. The molecule has 0 atom stereocenters. The molecular formula is C23H25N3O5. The van der Waals surface area contributed by atoms with Crippen LogP contribution in [0.5, 0.6) is 5.75 Å². The molecule has 1 aromatic heterocycles. The molecule has 0 unspecified atom stereocenters. The highest BCUT2D eigenvalue weighted by atomic mass is 16.5. The SMILES string of the molecule is O=C(CCCn1c(=O)oc2ccccc21)Nc1cccc(OCC(=O)N2CCCC2)c1. The largest absolute Gasteiger partial charge is 0.484 e. The van der Waals surface area contributed by atoms with Crippen LogP contribution in [0.25, 0.3) is 11.1 Å². The van der Waals surface area contributed by atoms with E-state index in [1.807, 2.05) is 18.2 Å². The summed E-state index contributed by atoms with van der Waals surface area (Å²) < 4.78 is 12.3. The number of aromatic nitrogens is 1. The van der Waals surface area contributed by atoms with Crippen molar-refractivity contribution in [1.29, 1.82) is 0 Å². The van der Waals surface area contributed by atoms with Crippen LogP contribution in [0.15, 0.2) is 57.7 Å². The van der Waals surface area contributed by atoms with E-state index in [-0.39, 0.29) is 24.8 Å². The third kappa shape index (κ3) is 5.14. The Labute approximate surface area is 179 Å². The first-order valence-corrected chi connectivity index (χ1v) is 10.5. The van der Waals surface area contributed by atoms with Crippen LogP contribution in [0.4, 0.5) is 5.69 Å². The van der Waals surface area contributed by atoms with Crippen molar-refractivity contribution in [3.8, 4) is 5.75 Å². The minimum Gasteiger partial charge on any atom is -0.484 e. The van der Waals surface area contributed by atoms with Crippen molar-refractivity contribution in [1.82, 2.24) is 9.47 Å². The smallest absolute Gasteiger partial charge is 0.419 e. The van der Waals surface area contributed by atoms with Gasteiger partial charge < -0.3 is 19.4 Å². The third-order valence-corrected chi connectivity index (χ3v) is 5.30. The number of carbonyl (C=O) groups is 2. The van der Waals surface area contributed by atoms with Gasteiger partial charge in [-0.15, -0.1) is 0 Å². The minimum atomic E-state index is -0.421. The number of nitrogens with zero attached hydrogens (tertiary/aromatic N) is 2. The number of anilines is 1. The average Bonchev–Trinajstić information content (AvgIpc) is 3.41. The van der Waals surface area contributed by atoms with Gasteiger partial charge in [0.05, 0.1) is 5.52 Å². The Balaban J connectivity index is 1.26. The van der Waals surface area contributed by atoms with Crippen molar-refractivity contribution >= 4 is 28.6 Å². The number of hydrogen-bond donors (Lipinski definition) is 1. The van der Waals surface area contributed by atoms with Gasteiger partial charge in [-0.05, 0) is 43.5 Å². The first-order valence-electron chi connectivity index (χ1n) is 10.5. The van der Waals surface area contributed by atoms with E-state index >= 15 is 0 Å². The topological polar surface area (TPSA) is 93.8 Å². The summed E-state index contributed by atoms with van der Waals surface area (Å²) in [4.78, 5) is 38.2. The number of rotatable bonds is 8. The quantitative estimate of drug-likeness (QED) is 0.601. The van der Waals surface area contributed by atoms with Crippen molar-refractivity contribution in [3.05, 3.63) is 59.1 Å². The molecule has 1 N–H and O–H groups in total. The predicted octanol–water partition coefficient (Wildman–Crippen LogP) is 3.01. The Morgan fingerprint density at radius 3 is 2.71 bits per heavy atom. The van der Waals surface area contributed by atoms with Crippen molar-refractivity contribution in [3.63, 3.8) is 0 Å². The summed E-state index contributed by atoms with van der Waals surface area (Å²) in [6.07, 6.45) is 2.83. The molecule has 162 valence electrons. The Morgan fingerprint density at radius 1 is 1.06 bits per heavy atom. The summed E-state index contributed by atoms with van der Waals surface area (Å²) in [5.74, 6) is -0.0724. The Hall–Kier alpha value is -3.55. The number of likely N-dealkylation sites (tertiary alicyclic amines) is 1. The van der Waals surface area contributed by atoms with Gasteiger partial charge in [0, 0.05) is 37.8 Å². The third-order valence-electron chi connectivity index (χ3n) is 5.30. The molecule has 1 aliphatic heterocycles. The number of aryl methyl sites for hydroxylation is 1. The lowest BCUT2D eigenvalue weighted by molar-refractivity contribution is -0.132. The highest BCUT2D eigenvalue weighted by molar-refractivity contribution is 5.90. The van der Waals surface area contributed by atoms with Crippen LogP contribution in [0, 0.1) is 0 Å². The van der Waals surface area contributed by atoms with Crippen molar-refractivity contribution < 1.29 is 18.7 Å². The Bertz CT molecular complexity index is 1130. The van der Waals surface area contributed by atoms with Gasteiger partial charge in [-0.3, -0.25) is 14.2 Å². The summed E-state index contributed by atoms with van der Waals surface area (Å²) >= 11 is 0. The van der Waals surface area contributed by atoms with E-state index < -0.39 is 5.76 Å². The molecule has 0 aliphatic carbocycles. The number of carbonyl (C=O) groups excluding carboxylic acids is 2. The van der Waals surface area contributed by atoms with E-state index in [1.54, 1.807) is 35.2 Å². The summed E-state index contributed by atoms with van der Waals surface area (Å²) in [5, 5.41) is 2.83. The number of para-hydroxylation sites is 2. The maximum absolute atomic E-state index is 12.3. The fourth-order valence-corrected chi connectivity index (χ4v) is 3.71. The van der Waals surface area contributed by atoms with Gasteiger partial charge in [0.15, 0.2) is 12.2 Å². The van der Waals surface area contributed by atoms with Crippen molar-refractivity contribution in [2.75, 3.05) is 25.0 Å². The second-order valence-corrected chi connectivity index (χ2v) is 7.54. The number of nitrogens with one attached hydrogen (secondary N) is 1. The normalized spacial score (nSPS) is 13.5. The van der Waals surface area contributed by atoms with Gasteiger partial charge in [-0.2, -0.15) is 0 Å². The van der Waals surface area contributed by atoms with E-state index in [2.05, 4.69) is 5.32 Å². The molecule has 1 saturated heterocycles. The lowest BCUT2D eigenvalue weighted by atomic mass is 10.2. The number of hydrogen-bond acceptors (Lipinski definition) is 5. The van der Waals surface area contributed by atoms with Gasteiger partial charge in [0.25, 0.3) is 5.91 Å². The maximum atomic E-state index is 12.3. The van der Waals surface area contributed by atoms with Crippen LogP contribution in [-0.4, -0.2) is 41.0 Å². The van der Waals surface area contributed by atoms with Crippen molar-refractivity contribution in [2.45, 2.75) is 32.2 Å². The molecule has 2 aromatic carbocycles. The number of ether oxygens (including phenoxy) is 1. The zero-order chi connectivity index (χ0) is 21.6. The first-order chi connectivity index (χ1) is 15.1. The number of oxazole rings is 1. The summed E-state index contributed by atoms with van der Waals surface area (Å²) in [5.41, 5.74) is 1.86. The predicted molar refractivity (Wildman–Crippen MR) is 116 cm³/mol.